The zero-order valence-electron chi connectivity index (χ0n) is 6.69. The first kappa shape index (κ1) is 7.78. The third kappa shape index (κ3) is 1.07. The fraction of sp³-hybridized carbons (Fsp3) is 0.286. The molecule has 0 spiro atoms. The van der Waals surface area contributed by atoms with E-state index in [1.165, 1.54) is 16.7 Å². The first-order valence-corrected chi connectivity index (χ1v) is 3.82. The molecule has 0 unspecified atom stereocenters. The summed E-state index contributed by atoms with van der Waals surface area (Å²) in [6, 6.07) is 2.81. The van der Waals surface area contributed by atoms with E-state index in [2.05, 4.69) is 5.32 Å². The monoisotopic (exact) mass is 181 g/mol. The lowest BCUT2D eigenvalue weighted by Gasteiger charge is -2.11. The van der Waals surface area contributed by atoms with Gasteiger partial charge in [-0.2, -0.15) is 0 Å². The van der Waals surface area contributed by atoms with Crippen LogP contribution in [0.5, 0.6) is 0 Å². The summed E-state index contributed by atoms with van der Waals surface area (Å²) in [4.78, 5) is 21.2. The first-order valence-electron chi connectivity index (χ1n) is 3.82. The van der Waals surface area contributed by atoms with Gasteiger partial charge in [-0.1, -0.05) is 0 Å². The molecule has 6 heteroatoms. The Labute approximate surface area is 73.3 Å². The maximum Gasteiger partial charge on any atom is 0.323 e. The van der Waals surface area contributed by atoms with E-state index >= 15 is 0 Å². The van der Waals surface area contributed by atoms with Gasteiger partial charge in [0.2, 0.25) is 0 Å². The van der Waals surface area contributed by atoms with E-state index in [0.717, 1.165) is 0 Å². The molecular formula is C7H7N3O3. The Morgan fingerprint density at radius 1 is 1.54 bits per heavy atom. The van der Waals surface area contributed by atoms with Gasteiger partial charge in [0.25, 0.3) is 5.91 Å². The smallest absolute Gasteiger partial charge is 0.323 e. The van der Waals surface area contributed by atoms with Crippen molar-refractivity contribution in [2.45, 2.75) is 6.54 Å². The zero-order valence-corrected chi connectivity index (χ0v) is 6.69. The van der Waals surface area contributed by atoms with Crippen molar-refractivity contribution in [1.82, 2.24) is 9.88 Å². The number of nitro groups is 1. The van der Waals surface area contributed by atoms with Gasteiger partial charge in [0, 0.05) is 6.07 Å². The summed E-state index contributed by atoms with van der Waals surface area (Å²) in [6.45, 7) is 0.908. The molecule has 0 saturated carbocycles. The number of amides is 1. The Morgan fingerprint density at radius 2 is 2.31 bits per heavy atom. The van der Waals surface area contributed by atoms with Gasteiger partial charge >= 0.3 is 5.82 Å². The largest absolute Gasteiger partial charge is 0.358 e. The van der Waals surface area contributed by atoms with E-state index in [9.17, 15) is 14.9 Å². The molecule has 6 nitrogen and oxygen atoms in total. The molecule has 0 aromatic carbocycles. The molecule has 2 heterocycles. The first-order chi connectivity index (χ1) is 6.20. The van der Waals surface area contributed by atoms with Crippen LogP contribution < -0.4 is 5.32 Å². The van der Waals surface area contributed by atoms with Gasteiger partial charge in [-0.3, -0.25) is 4.79 Å². The molecule has 0 aliphatic carbocycles. The highest BCUT2D eigenvalue weighted by Crippen LogP contribution is 2.18. The minimum absolute atomic E-state index is 0.0233. The standard InChI is InChI=1S/C7H7N3O3/c11-7-5-1-2-6(10(12)13)9(5)4-3-8-7/h1-2H,3-4H2,(H,8,11). The molecule has 1 aromatic rings. The lowest BCUT2D eigenvalue weighted by Crippen LogP contribution is -2.35. The van der Waals surface area contributed by atoms with Crippen molar-refractivity contribution in [2.24, 2.45) is 0 Å². The van der Waals surface area contributed by atoms with Crippen LogP contribution in [-0.4, -0.2) is 21.9 Å². The summed E-state index contributed by atoms with van der Waals surface area (Å²) < 4.78 is 1.42. The molecule has 1 aromatic heterocycles. The molecule has 13 heavy (non-hydrogen) atoms. The Morgan fingerprint density at radius 3 is 3.00 bits per heavy atom. The van der Waals surface area contributed by atoms with Crippen molar-refractivity contribution in [3.8, 4) is 0 Å². The number of carbonyl (C=O) groups excluding carboxylic acids is 1. The fourth-order valence-corrected chi connectivity index (χ4v) is 1.42. The number of aromatic nitrogens is 1. The average Bonchev–Trinajstić information content (AvgIpc) is 2.48. The molecule has 1 aliphatic heterocycles. The maximum absolute atomic E-state index is 11.2. The second kappa shape index (κ2) is 2.58. The minimum atomic E-state index is -0.484. The van der Waals surface area contributed by atoms with Crippen LogP contribution in [0, 0.1) is 10.1 Å². The van der Waals surface area contributed by atoms with E-state index in [1.807, 2.05) is 0 Å². The molecule has 1 aliphatic rings. The van der Waals surface area contributed by atoms with Crippen LogP contribution in [0.3, 0.4) is 0 Å². The Hall–Kier alpha value is -1.85. The highest BCUT2D eigenvalue weighted by molar-refractivity contribution is 5.93. The third-order valence-corrected chi connectivity index (χ3v) is 2.00. The maximum atomic E-state index is 11.2. The predicted molar refractivity (Wildman–Crippen MR) is 43.4 cm³/mol. The second-order valence-corrected chi connectivity index (χ2v) is 2.74. The van der Waals surface area contributed by atoms with Crippen molar-refractivity contribution in [2.75, 3.05) is 6.54 Å². The average molecular weight is 181 g/mol. The van der Waals surface area contributed by atoms with Crippen LogP contribution >= 0.6 is 0 Å². The van der Waals surface area contributed by atoms with Crippen molar-refractivity contribution in [3.05, 3.63) is 27.9 Å². The minimum Gasteiger partial charge on any atom is -0.358 e. The van der Waals surface area contributed by atoms with Gasteiger partial charge in [-0.15, -0.1) is 0 Å². The molecule has 0 fully saturated rings. The van der Waals surface area contributed by atoms with E-state index in [4.69, 9.17) is 0 Å². The number of hydrogen-bond acceptors (Lipinski definition) is 3. The number of nitrogens with zero attached hydrogens (tertiary/aromatic N) is 2. The van der Waals surface area contributed by atoms with Crippen LogP contribution in [0.2, 0.25) is 0 Å². The summed E-state index contributed by atoms with van der Waals surface area (Å²) in [6.07, 6.45) is 0. The number of rotatable bonds is 1. The molecule has 1 amide bonds. The lowest BCUT2D eigenvalue weighted by atomic mass is 10.3. The SMILES string of the molecule is O=C1NCCn2c1ccc2[N+](=O)[O-]. The van der Waals surface area contributed by atoms with Crippen LogP contribution in [-0.2, 0) is 6.54 Å². The summed E-state index contributed by atoms with van der Waals surface area (Å²) in [5.74, 6) is -0.274. The summed E-state index contributed by atoms with van der Waals surface area (Å²) >= 11 is 0. The van der Waals surface area contributed by atoms with Crippen molar-refractivity contribution in [3.63, 3.8) is 0 Å². The van der Waals surface area contributed by atoms with Gasteiger partial charge in [0.1, 0.15) is 6.54 Å². The summed E-state index contributed by atoms with van der Waals surface area (Å²) in [7, 11) is 0. The zero-order chi connectivity index (χ0) is 9.42. The molecule has 0 atom stereocenters. The normalized spacial score (nSPS) is 14.9. The quantitative estimate of drug-likeness (QED) is 0.494. The van der Waals surface area contributed by atoms with Crippen molar-refractivity contribution in [1.29, 1.82) is 0 Å². The van der Waals surface area contributed by atoms with Gasteiger partial charge in [-0.05, 0) is 11.0 Å². The highest BCUT2D eigenvalue weighted by atomic mass is 16.6. The molecule has 0 radical (unpaired) electrons. The summed E-state index contributed by atoms with van der Waals surface area (Å²) in [5.41, 5.74) is 0.359. The molecular weight excluding hydrogens is 174 g/mol. The predicted octanol–water partition coefficient (Wildman–Crippen LogP) is 0.140. The summed E-state index contributed by atoms with van der Waals surface area (Å²) in [5, 5.41) is 13.1. The lowest BCUT2D eigenvalue weighted by molar-refractivity contribution is -0.392. The number of nitrogens with one attached hydrogen (secondary N) is 1. The molecule has 1 N–H and O–H groups in total. The van der Waals surface area contributed by atoms with Gasteiger partial charge < -0.3 is 15.4 Å². The van der Waals surface area contributed by atoms with Gasteiger partial charge in [0.05, 0.1) is 6.54 Å². The van der Waals surface area contributed by atoms with E-state index in [0.29, 0.717) is 18.8 Å². The highest BCUT2D eigenvalue weighted by Gasteiger charge is 2.26. The van der Waals surface area contributed by atoms with E-state index in [-0.39, 0.29) is 11.7 Å². The van der Waals surface area contributed by atoms with Gasteiger partial charge in [-0.25, -0.2) is 4.57 Å². The molecule has 0 saturated heterocycles. The van der Waals surface area contributed by atoms with E-state index in [1.54, 1.807) is 0 Å². The van der Waals surface area contributed by atoms with E-state index < -0.39 is 4.92 Å². The number of hydrogen-bond donors (Lipinski definition) is 1. The fourth-order valence-electron chi connectivity index (χ4n) is 1.42. The van der Waals surface area contributed by atoms with Crippen LogP contribution in [0.4, 0.5) is 5.82 Å². The van der Waals surface area contributed by atoms with Crippen molar-refractivity contribution >= 4 is 11.7 Å². The second-order valence-electron chi connectivity index (χ2n) is 2.74. The van der Waals surface area contributed by atoms with Crippen molar-refractivity contribution < 1.29 is 9.72 Å². The van der Waals surface area contributed by atoms with Crippen LogP contribution in [0.1, 0.15) is 10.5 Å². The topological polar surface area (TPSA) is 77.2 Å². The molecule has 2 rings (SSSR count). The number of fused-ring (bicyclic) bond motifs is 1. The Bertz CT molecular complexity index is 369. The van der Waals surface area contributed by atoms with Crippen LogP contribution in [0.15, 0.2) is 12.1 Å². The molecule has 0 bridgehead atoms. The Kier molecular flexibility index (Phi) is 1.54. The van der Waals surface area contributed by atoms with Crippen LogP contribution in [0.25, 0.3) is 0 Å². The third-order valence-electron chi connectivity index (χ3n) is 2.00. The Balaban J connectivity index is 2.53. The van der Waals surface area contributed by atoms with Gasteiger partial charge in [0.15, 0.2) is 5.69 Å². The number of carbonyl (C=O) groups is 1. The molecule has 68 valence electrons.